The van der Waals surface area contributed by atoms with E-state index in [1.54, 1.807) is 31.5 Å². The highest BCUT2D eigenvalue weighted by atomic mass is 31.2. The number of phenolic OH excluding ortho intramolecular Hbond substituents is 1. The average molecular weight is 313 g/mol. The first-order valence-electron chi connectivity index (χ1n) is 6.87. The maximum absolute atomic E-state index is 12.2. The molecule has 5 heteroatoms. The van der Waals surface area contributed by atoms with Crippen LogP contribution in [0.4, 0.5) is 5.69 Å². The molecule has 2 N–H and O–H groups in total. The van der Waals surface area contributed by atoms with Crippen LogP contribution in [0, 0.1) is 0 Å². The first-order valence-corrected chi connectivity index (χ1v) is 9.47. The van der Waals surface area contributed by atoms with Crippen molar-refractivity contribution in [1.82, 2.24) is 0 Å². The van der Waals surface area contributed by atoms with Gasteiger partial charge in [0.2, 0.25) is 0 Å². The van der Waals surface area contributed by atoms with E-state index in [9.17, 15) is 14.5 Å². The number of hydrogen-bond donors (Lipinski definition) is 2. The monoisotopic (exact) mass is 313 g/mol. The Morgan fingerprint density at radius 3 is 2.64 bits per heavy atom. The molecule has 0 unspecified atom stereocenters. The summed E-state index contributed by atoms with van der Waals surface area (Å²) in [7, 11) is -2.34. The Kier molecular flexibility index (Phi) is 3.42. The summed E-state index contributed by atoms with van der Waals surface area (Å²) in [6.07, 6.45) is 1.78. The number of amides is 1. The Morgan fingerprint density at radius 2 is 1.91 bits per heavy atom. The van der Waals surface area contributed by atoms with E-state index < -0.39 is 7.14 Å². The summed E-state index contributed by atoms with van der Waals surface area (Å²) in [5, 5.41) is 13.0. The summed E-state index contributed by atoms with van der Waals surface area (Å²) < 4.78 is 12.2. The smallest absolute Gasteiger partial charge is 0.256 e. The topological polar surface area (TPSA) is 66.4 Å². The molecule has 22 heavy (non-hydrogen) atoms. The predicted octanol–water partition coefficient (Wildman–Crippen LogP) is 3.13. The van der Waals surface area contributed by atoms with Crippen LogP contribution in [0.1, 0.15) is 11.1 Å². The third kappa shape index (κ3) is 2.70. The molecule has 0 saturated carbocycles. The molecular weight excluding hydrogens is 297 g/mol. The van der Waals surface area contributed by atoms with Crippen LogP contribution in [0.5, 0.6) is 5.75 Å². The standard InChI is InChI=1S/C17H16NO3P/c1-22(2,21)13-5-3-4-11(8-13)9-15-14-7-6-12(19)10-16(14)18-17(15)20/h3-10,19H,1-2H3,(H,18,20)/b15-9-. The van der Waals surface area contributed by atoms with Crippen molar-refractivity contribution in [3.05, 3.63) is 53.6 Å². The van der Waals surface area contributed by atoms with Gasteiger partial charge in [-0.15, -0.1) is 0 Å². The second-order valence-electron chi connectivity index (χ2n) is 5.69. The number of carbonyl (C=O) groups excluding carboxylic acids is 1. The molecule has 0 spiro atoms. The second kappa shape index (κ2) is 5.15. The molecule has 0 fully saturated rings. The highest BCUT2D eigenvalue weighted by Crippen LogP contribution is 2.37. The fraction of sp³-hybridized carbons (Fsp3) is 0.118. The minimum Gasteiger partial charge on any atom is -0.508 e. The molecule has 2 aromatic carbocycles. The maximum Gasteiger partial charge on any atom is 0.256 e. The summed E-state index contributed by atoms with van der Waals surface area (Å²) in [5.74, 6) is -0.0950. The Morgan fingerprint density at radius 1 is 1.14 bits per heavy atom. The van der Waals surface area contributed by atoms with Gasteiger partial charge < -0.3 is 15.0 Å². The largest absolute Gasteiger partial charge is 0.508 e. The molecule has 112 valence electrons. The van der Waals surface area contributed by atoms with Gasteiger partial charge >= 0.3 is 0 Å². The zero-order chi connectivity index (χ0) is 15.9. The normalized spacial score (nSPS) is 15.7. The van der Waals surface area contributed by atoms with Crippen LogP contribution in [0.15, 0.2) is 42.5 Å². The van der Waals surface area contributed by atoms with Gasteiger partial charge in [-0.1, -0.05) is 18.2 Å². The fourth-order valence-electron chi connectivity index (χ4n) is 2.44. The van der Waals surface area contributed by atoms with Crippen molar-refractivity contribution in [2.75, 3.05) is 18.6 Å². The third-order valence-corrected chi connectivity index (χ3v) is 5.11. The number of nitrogens with one attached hydrogen (secondary N) is 1. The summed E-state index contributed by atoms with van der Waals surface area (Å²) in [5.41, 5.74) is 2.72. The Hall–Kier alpha value is -2.32. The Balaban J connectivity index is 2.07. The van der Waals surface area contributed by atoms with E-state index in [0.717, 1.165) is 16.4 Å². The molecular formula is C17H16NO3P. The number of carbonyl (C=O) groups is 1. The van der Waals surface area contributed by atoms with Gasteiger partial charge in [-0.3, -0.25) is 4.79 Å². The van der Waals surface area contributed by atoms with Crippen molar-refractivity contribution >= 4 is 35.7 Å². The highest BCUT2D eigenvalue weighted by molar-refractivity contribution is 7.70. The molecule has 3 rings (SSSR count). The van der Waals surface area contributed by atoms with Crippen molar-refractivity contribution in [2.24, 2.45) is 0 Å². The molecule has 0 atom stereocenters. The maximum atomic E-state index is 12.2. The molecule has 1 aliphatic heterocycles. The number of anilines is 1. The minimum atomic E-state index is -2.34. The number of benzene rings is 2. The lowest BCUT2D eigenvalue weighted by Crippen LogP contribution is -2.05. The number of hydrogen-bond acceptors (Lipinski definition) is 3. The van der Waals surface area contributed by atoms with Crippen molar-refractivity contribution in [2.45, 2.75) is 0 Å². The van der Waals surface area contributed by atoms with E-state index >= 15 is 0 Å². The molecule has 0 bridgehead atoms. The first-order chi connectivity index (χ1) is 10.3. The molecule has 1 aliphatic rings. The van der Waals surface area contributed by atoms with Gasteiger partial charge in [0.25, 0.3) is 5.91 Å². The minimum absolute atomic E-state index is 0.111. The van der Waals surface area contributed by atoms with E-state index in [1.165, 1.54) is 6.07 Å². The molecule has 0 radical (unpaired) electrons. The quantitative estimate of drug-likeness (QED) is 0.661. The SMILES string of the molecule is CP(C)(=O)c1cccc(/C=C2\C(=O)Nc3cc(O)ccc32)c1. The van der Waals surface area contributed by atoms with Crippen molar-refractivity contribution in [3.8, 4) is 5.75 Å². The summed E-state index contributed by atoms with van der Waals surface area (Å²) in [6.45, 7) is 3.44. The summed E-state index contributed by atoms with van der Waals surface area (Å²) in [4.78, 5) is 12.1. The van der Waals surface area contributed by atoms with Crippen LogP contribution < -0.4 is 10.6 Å². The van der Waals surface area contributed by atoms with Gasteiger partial charge in [0, 0.05) is 22.5 Å². The summed E-state index contributed by atoms with van der Waals surface area (Å²) >= 11 is 0. The van der Waals surface area contributed by atoms with Gasteiger partial charge in [0.1, 0.15) is 12.9 Å². The van der Waals surface area contributed by atoms with Crippen LogP contribution in [-0.2, 0) is 9.36 Å². The van der Waals surface area contributed by atoms with Crippen molar-refractivity contribution in [1.29, 1.82) is 0 Å². The van der Waals surface area contributed by atoms with Gasteiger partial charge in [0.05, 0.1) is 5.69 Å². The van der Waals surface area contributed by atoms with E-state index in [2.05, 4.69) is 5.32 Å². The number of fused-ring (bicyclic) bond motifs is 1. The number of rotatable bonds is 2. The lowest BCUT2D eigenvalue weighted by molar-refractivity contribution is -0.110. The van der Waals surface area contributed by atoms with Gasteiger partial charge in [-0.25, -0.2) is 0 Å². The fourth-order valence-corrected chi connectivity index (χ4v) is 3.35. The predicted molar refractivity (Wildman–Crippen MR) is 90.1 cm³/mol. The van der Waals surface area contributed by atoms with Crippen LogP contribution in [0.2, 0.25) is 0 Å². The van der Waals surface area contributed by atoms with Crippen LogP contribution in [0.3, 0.4) is 0 Å². The third-order valence-electron chi connectivity index (χ3n) is 3.59. The van der Waals surface area contributed by atoms with Crippen molar-refractivity contribution < 1.29 is 14.5 Å². The number of aromatic hydroxyl groups is 1. The lowest BCUT2D eigenvalue weighted by Gasteiger charge is -2.07. The molecule has 4 nitrogen and oxygen atoms in total. The molecule has 1 heterocycles. The average Bonchev–Trinajstić information content (AvgIpc) is 2.74. The molecule has 0 aliphatic carbocycles. The highest BCUT2D eigenvalue weighted by Gasteiger charge is 2.24. The number of phenols is 1. The lowest BCUT2D eigenvalue weighted by atomic mass is 10.0. The molecule has 2 aromatic rings. The van der Waals surface area contributed by atoms with Gasteiger partial charge in [0.15, 0.2) is 0 Å². The second-order valence-corrected chi connectivity index (χ2v) is 8.91. The van der Waals surface area contributed by atoms with E-state index in [1.807, 2.05) is 24.3 Å². The Labute approximate surface area is 128 Å². The zero-order valence-electron chi connectivity index (χ0n) is 12.3. The van der Waals surface area contributed by atoms with Gasteiger partial charge in [-0.05, 0) is 43.2 Å². The Bertz CT molecular complexity index is 849. The van der Waals surface area contributed by atoms with Gasteiger partial charge in [-0.2, -0.15) is 0 Å². The zero-order valence-corrected chi connectivity index (χ0v) is 13.2. The molecule has 0 aromatic heterocycles. The molecule has 1 amide bonds. The van der Waals surface area contributed by atoms with E-state index in [4.69, 9.17) is 0 Å². The first kappa shape index (κ1) is 14.6. The van der Waals surface area contributed by atoms with Crippen LogP contribution in [0.25, 0.3) is 11.6 Å². The van der Waals surface area contributed by atoms with Crippen LogP contribution >= 0.6 is 7.14 Å². The summed E-state index contributed by atoms with van der Waals surface area (Å²) in [6, 6.07) is 12.2. The van der Waals surface area contributed by atoms with Crippen LogP contribution in [-0.4, -0.2) is 24.3 Å². The van der Waals surface area contributed by atoms with E-state index in [-0.39, 0.29) is 11.7 Å². The molecule has 0 saturated heterocycles. The van der Waals surface area contributed by atoms with Crippen molar-refractivity contribution in [3.63, 3.8) is 0 Å². The van der Waals surface area contributed by atoms with E-state index in [0.29, 0.717) is 11.3 Å².